The quantitative estimate of drug-likeness (QED) is 0.101. The van der Waals surface area contributed by atoms with Crippen LogP contribution in [0.1, 0.15) is 12.8 Å². The number of aryl methyl sites for hydroxylation is 1. The number of unbranched alkanes of at least 4 members (excludes halogenated alkanes) is 1. The van der Waals surface area contributed by atoms with Crippen LogP contribution in [0.3, 0.4) is 0 Å². The number of rotatable bonds is 8. The van der Waals surface area contributed by atoms with Crippen molar-refractivity contribution in [2.24, 2.45) is 0 Å². The number of imidazole rings is 1. The van der Waals surface area contributed by atoms with Crippen LogP contribution in [-0.2, 0) is 16.8 Å². The molecule has 13 nitrogen and oxygen atoms in total. The number of fused-ring (bicyclic) bond motifs is 1. The van der Waals surface area contributed by atoms with Crippen molar-refractivity contribution in [2.75, 3.05) is 6.54 Å². The molecule has 0 aliphatic heterocycles. The number of benzene rings is 1. The molecular weight excluding hydrogens is 431 g/mol. The van der Waals surface area contributed by atoms with Gasteiger partial charge >= 0.3 is 51.0 Å². The second kappa shape index (κ2) is 9.63. The molecule has 3 rings (SSSR count). The molecule has 2 aromatic heterocycles. The van der Waals surface area contributed by atoms with Crippen LogP contribution in [0.2, 0.25) is 0 Å². The zero-order valence-corrected chi connectivity index (χ0v) is 15.6. The molecule has 156 valence electrons. The molecule has 3 aromatic rings. The van der Waals surface area contributed by atoms with Crippen molar-refractivity contribution in [1.82, 2.24) is 23.8 Å². The van der Waals surface area contributed by atoms with Crippen LogP contribution in [-0.4, -0.2) is 73.1 Å². The van der Waals surface area contributed by atoms with Crippen molar-refractivity contribution in [1.29, 1.82) is 0 Å². The van der Waals surface area contributed by atoms with Gasteiger partial charge in [0.05, 0.1) is 22.3 Å². The van der Waals surface area contributed by atoms with Crippen molar-refractivity contribution >= 4 is 56.6 Å². The number of hydrogen-bond acceptors (Lipinski definition) is 7. The number of nitrogens with zero attached hydrogens (tertiary/aromatic N) is 4. The van der Waals surface area contributed by atoms with Crippen LogP contribution < -0.4 is 15.8 Å². The van der Waals surface area contributed by atoms with Crippen LogP contribution in [0.4, 0.5) is 5.69 Å². The van der Waals surface area contributed by atoms with E-state index in [2.05, 4.69) is 9.97 Å². The third-order valence-electron chi connectivity index (χ3n) is 4.14. The van der Waals surface area contributed by atoms with Gasteiger partial charge in [-0.15, -0.1) is 0 Å². The van der Waals surface area contributed by atoms with Gasteiger partial charge in [-0.3, -0.25) is 24.3 Å². The van der Waals surface area contributed by atoms with E-state index in [1.165, 1.54) is 40.0 Å². The van der Waals surface area contributed by atoms with Crippen LogP contribution in [0, 0.1) is 10.1 Å². The summed E-state index contributed by atoms with van der Waals surface area (Å²) in [5.41, 5.74) is -1.52. The zero-order valence-electron chi connectivity index (χ0n) is 14.8. The molecule has 0 aliphatic carbocycles. The Balaban J connectivity index is 0.00000320. The molecule has 0 radical (unpaired) electrons. The Morgan fingerprint density at radius 2 is 2.00 bits per heavy atom. The molecule has 2 heterocycles. The summed E-state index contributed by atoms with van der Waals surface area (Å²) >= 11 is 0. The molecule has 1 aromatic carbocycles. The summed E-state index contributed by atoms with van der Waals surface area (Å²) in [6.45, 7) is 0.00799. The summed E-state index contributed by atoms with van der Waals surface area (Å²) in [5.74, 6) is 0. The Labute approximate surface area is 191 Å². The molecule has 15 heteroatoms. The maximum atomic E-state index is 12.3. The Hall–Kier alpha value is -2.36. The van der Waals surface area contributed by atoms with Gasteiger partial charge in [0.25, 0.3) is 5.69 Å². The minimum atomic E-state index is -4.31. The van der Waals surface area contributed by atoms with Crippen molar-refractivity contribution in [3.05, 3.63) is 61.7 Å². The van der Waals surface area contributed by atoms with Crippen molar-refractivity contribution < 1.29 is 17.9 Å². The van der Waals surface area contributed by atoms with Crippen molar-refractivity contribution in [2.45, 2.75) is 19.4 Å². The van der Waals surface area contributed by atoms with Gasteiger partial charge in [0.1, 0.15) is 5.69 Å². The Morgan fingerprint density at radius 1 is 1.27 bits per heavy atom. The number of hydrogen-bond donors (Lipinski definition) is 3. The van der Waals surface area contributed by atoms with Crippen molar-refractivity contribution in [3.8, 4) is 5.69 Å². The van der Waals surface area contributed by atoms with E-state index < -0.39 is 26.3 Å². The molecular formula is C15H17N6NaO7S. The minimum absolute atomic E-state index is 0. The van der Waals surface area contributed by atoms with Gasteiger partial charge < -0.3 is 14.1 Å². The first kappa shape index (κ1) is 23.9. The van der Waals surface area contributed by atoms with E-state index in [1.54, 1.807) is 0 Å². The van der Waals surface area contributed by atoms with E-state index in [0.29, 0.717) is 6.42 Å². The number of H-pyrrole nitrogens is 1. The normalized spacial score (nSPS) is 11.4. The summed E-state index contributed by atoms with van der Waals surface area (Å²) in [5, 5.41) is 11.5. The molecule has 0 bridgehead atoms. The Morgan fingerprint density at radius 3 is 2.60 bits per heavy atom. The average Bonchev–Trinajstić information content (AvgIpc) is 3.17. The molecule has 0 amide bonds. The summed E-state index contributed by atoms with van der Waals surface area (Å²) in [6, 6.07) is 2.57. The molecule has 0 aliphatic rings. The average molecular weight is 448 g/mol. The van der Waals surface area contributed by atoms with E-state index in [9.17, 15) is 28.1 Å². The standard InChI is InChI=1S/C15H16N6O7S.Na.H/c22-14-15(23)20(5-2-1-3-17-29(26,27)28)11-8-12(19-6-4-16-9-19)13(21(24)25)7-10(11)18-14;;/h4,6-9,17H,1-3,5H2,(H,18,22)(H,26,27,28);;. The summed E-state index contributed by atoms with van der Waals surface area (Å²) in [4.78, 5) is 41.4. The predicted octanol–water partition coefficient (Wildman–Crippen LogP) is -0.692. The SMILES string of the molecule is O=c1[nH]c2cc([N+](=O)[O-])c(-n3ccnc3)cc2n(CCCCNS(=O)(=O)O)c1=O.[NaH]. The number of nitro benzene ring substituents is 1. The molecule has 3 N–H and O–H groups in total. The van der Waals surface area contributed by atoms with Gasteiger partial charge in [-0.25, -0.2) is 4.98 Å². The fourth-order valence-electron chi connectivity index (χ4n) is 2.87. The van der Waals surface area contributed by atoms with Gasteiger partial charge in [-0.2, -0.15) is 13.1 Å². The monoisotopic (exact) mass is 448 g/mol. The Bertz CT molecular complexity index is 1280. The third kappa shape index (κ3) is 5.41. The van der Waals surface area contributed by atoms with E-state index in [-0.39, 0.29) is 71.5 Å². The van der Waals surface area contributed by atoms with E-state index >= 15 is 0 Å². The second-order valence-electron chi connectivity index (χ2n) is 6.07. The molecule has 0 fully saturated rings. The molecule has 0 unspecified atom stereocenters. The summed E-state index contributed by atoms with van der Waals surface area (Å²) in [7, 11) is -4.31. The van der Waals surface area contributed by atoms with Crippen LogP contribution in [0.15, 0.2) is 40.4 Å². The molecule has 0 atom stereocenters. The van der Waals surface area contributed by atoms with Crippen LogP contribution >= 0.6 is 0 Å². The first-order valence-electron chi connectivity index (χ1n) is 8.33. The summed E-state index contributed by atoms with van der Waals surface area (Å²) in [6.07, 6.45) is 4.89. The number of nitro groups is 1. The molecule has 0 saturated heterocycles. The third-order valence-corrected chi connectivity index (χ3v) is 4.71. The molecule has 0 saturated carbocycles. The first-order chi connectivity index (χ1) is 13.7. The first-order valence-corrected chi connectivity index (χ1v) is 9.77. The van der Waals surface area contributed by atoms with Crippen LogP contribution in [0.5, 0.6) is 0 Å². The topological polar surface area (TPSA) is 182 Å². The second-order valence-corrected chi connectivity index (χ2v) is 7.31. The van der Waals surface area contributed by atoms with Gasteiger partial charge in [-0.05, 0) is 18.9 Å². The molecule has 0 spiro atoms. The number of aromatic nitrogens is 4. The van der Waals surface area contributed by atoms with E-state index in [1.807, 2.05) is 4.72 Å². The van der Waals surface area contributed by atoms with Crippen molar-refractivity contribution in [3.63, 3.8) is 0 Å². The van der Waals surface area contributed by atoms with Gasteiger partial charge in [-0.1, -0.05) is 0 Å². The van der Waals surface area contributed by atoms with Gasteiger partial charge in [0.2, 0.25) is 0 Å². The van der Waals surface area contributed by atoms with Gasteiger partial charge in [0.15, 0.2) is 0 Å². The summed E-state index contributed by atoms with van der Waals surface area (Å²) < 4.78 is 34.4. The fourth-order valence-corrected chi connectivity index (χ4v) is 3.27. The zero-order chi connectivity index (χ0) is 21.2. The number of nitrogens with one attached hydrogen (secondary N) is 2. The van der Waals surface area contributed by atoms with E-state index in [4.69, 9.17) is 4.55 Å². The van der Waals surface area contributed by atoms with Crippen LogP contribution in [0.25, 0.3) is 16.7 Å². The maximum absolute atomic E-state index is 12.3. The fraction of sp³-hybridized carbons (Fsp3) is 0.267. The Kier molecular flexibility index (Phi) is 7.68. The van der Waals surface area contributed by atoms with Gasteiger partial charge in [0, 0.05) is 31.5 Å². The molecule has 30 heavy (non-hydrogen) atoms. The van der Waals surface area contributed by atoms with E-state index in [0.717, 1.165) is 0 Å². The number of aromatic amines is 1. The predicted molar refractivity (Wildman–Crippen MR) is 109 cm³/mol.